The highest BCUT2D eigenvalue weighted by Gasteiger charge is 2.57. The van der Waals surface area contributed by atoms with Gasteiger partial charge in [-0.15, -0.1) is 0 Å². The molecule has 0 radical (unpaired) electrons. The van der Waals surface area contributed by atoms with Crippen molar-refractivity contribution in [2.75, 3.05) is 18.0 Å². The molecule has 1 aromatic rings. The third-order valence-electron chi connectivity index (χ3n) is 6.99. The number of halogens is 2. The van der Waals surface area contributed by atoms with E-state index in [4.69, 9.17) is 23.2 Å². The van der Waals surface area contributed by atoms with E-state index in [0.29, 0.717) is 27.9 Å². The fourth-order valence-electron chi connectivity index (χ4n) is 5.66. The van der Waals surface area contributed by atoms with Crippen LogP contribution in [0.4, 0.5) is 5.69 Å². The maximum atomic E-state index is 12.9. The van der Waals surface area contributed by atoms with Crippen LogP contribution in [0, 0.1) is 29.2 Å². The summed E-state index contributed by atoms with van der Waals surface area (Å²) in [4.78, 5) is 17.1. The summed E-state index contributed by atoms with van der Waals surface area (Å²) in [5.74, 6) is 1.19. The van der Waals surface area contributed by atoms with E-state index < -0.39 is 0 Å². The Bertz CT molecular complexity index is 804. The Labute approximate surface area is 169 Å². The molecule has 3 saturated heterocycles. The molecule has 3 unspecified atom stereocenters. The van der Waals surface area contributed by atoms with Crippen LogP contribution in [0.3, 0.4) is 0 Å². The van der Waals surface area contributed by atoms with Crippen molar-refractivity contribution in [3.63, 3.8) is 0 Å². The van der Waals surface area contributed by atoms with Crippen molar-refractivity contribution in [3.8, 4) is 6.19 Å². The Morgan fingerprint density at radius 3 is 2.63 bits per heavy atom. The lowest BCUT2D eigenvalue weighted by Gasteiger charge is -2.28. The number of anilines is 1. The molecule has 3 heterocycles. The number of nitrogens with zero attached hydrogens (tertiary/aromatic N) is 3. The third kappa shape index (κ3) is 2.94. The highest BCUT2D eigenvalue weighted by atomic mass is 35.5. The topological polar surface area (TPSA) is 59.4 Å². The van der Waals surface area contributed by atoms with Crippen LogP contribution in [0.25, 0.3) is 0 Å². The highest BCUT2D eigenvalue weighted by Crippen LogP contribution is 2.52. The van der Waals surface area contributed by atoms with Crippen LogP contribution in [-0.4, -0.2) is 42.0 Å². The van der Waals surface area contributed by atoms with Crippen molar-refractivity contribution in [3.05, 3.63) is 28.2 Å². The molecular formula is C20H22Cl2N4O. The summed E-state index contributed by atoms with van der Waals surface area (Å²) < 4.78 is 0. The van der Waals surface area contributed by atoms with E-state index in [-0.39, 0.29) is 23.9 Å². The summed E-state index contributed by atoms with van der Waals surface area (Å²) in [5, 5.41) is 13.9. The van der Waals surface area contributed by atoms with E-state index in [2.05, 4.69) is 16.4 Å². The van der Waals surface area contributed by atoms with E-state index in [0.717, 1.165) is 44.5 Å². The fraction of sp³-hybridized carbons (Fsp3) is 0.600. The van der Waals surface area contributed by atoms with Gasteiger partial charge in [-0.1, -0.05) is 23.2 Å². The van der Waals surface area contributed by atoms with Gasteiger partial charge in [0.2, 0.25) is 5.91 Å². The minimum Gasteiger partial charge on any atom is -0.371 e. The Balaban J connectivity index is 1.22. The molecule has 3 aliphatic heterocycles. The van der Waals surface area contributed by atoms with Gasteiger partial charge in [-0.05, 0) is 55.7 Å². The monoisotopic (exact) mass is 404 g/mol. The smallest absolute Gasteiger partial charge is 0.224 e. The molecule has 4 aliphatic rings. The molecule has 1 saturated carbocycles. The quantitative estimate of drug-likeness (QED) is 0.785. The van der Waals surface area contributed by atoms with Crippen molar-refractivity contribution in [2.45, 2.75) is 43.8 Å². The number of rotatable bonds is 3. The summed E-state index contributed by atoms with van der Waals surface area (Å²) in [6, 6.07) is 6.30. The third-order valence-corrected chi connectivity index (χ3v) is 7.43. The van der Waals surface area contributed by atoms with Gasteiger partial charge in [-0.2, -0.15) is 5.26 Å². The lowest BCUT2D eigenvalue weighted by molar-refractivity contribution is -0.123. The first-order valence-electron chi connectivity index (χ1n) is 9.74. The SMILES string of the molecule is N#CN1[C@H]2CC[C@@H]1[C@H](NC(=O)C1C3CCN(c4cc(Cl)cc(Cl)c4)CC31)C2. The van der Waals surface area contributed by atoms with E-state index in [9.17, 15) is 10.1 Å². The maximum Gasteiger partial charge on any atom is 0.224 e. The molecule has 6 atom stereocenters. The second kappa shape index (κ2) is 6.46. The van der Waals surface area contributed by atoms with Gasteiger partial charge in [0.15, 0.2) is 6.19 Å². The summed E-state index contributed by atoms with van der Waals surface area (Å²) in [7, 11) is 0. The number of amides is 1. The minimum absolute atomic E-state index is 0.110. The number of carbonyl (C=O) groups excluding carboxylic acids is 1. The van der Waals surface area contributed by atoms with Crippen molar-refractivity contribution in [1.82, 2.24) is 10.2 Å². The minimum atomic E-state index is 0.110. The Hall–Kier alpha value is -1.64. The van der Waals surface area contributed by atoms with Crippen molar-refractivity contribution >= 4 is 34.8 Å². The van der Waals surface area contributed by atoms with Gasteiger partial charge in [0.1, 0.15) is 0 Å². The van der Waals surface area contributed by atoms with Crippen LogP contribution in [0.5, 0.6) is 0 Å². The first-order chi connectivity index (χ1) is 13.0. The number of hydrogen-bond acceptors (Lipinski definition) is 4. The van der Waals surface area contributed by atoms with Gasteiger partial charge in [-0.3, -0.25) is 4.79 Å². The molecule has 2 bridgehead atoms. The first kappa shape index (κ1) is 17.5. The Morgan fingerprint density at radius 2 is 1.93 bits per heavy atom. The molecule has 1 amide bonds. The second-order valence-corrected chi connectivity index (χ2v) is 9.25. The summed E-state index contributed by atoms with van der Waals surface area (Å²) in [6.07, 6.45) is 6.35. The molecule has 0 spiro atoms. The van der Waals surface area contributed by atoms with E-state index in [1.807, 2.05) is 17.0 Å². The maximum absolute atomic E-state index is 12.9. The van der Waals surface area contributed by atoms with Gasteiger partial charge in [-0.25, -0.2) is 0 Å². The van der Waals surface area contributed by atoms with Gasteiger partial charge >= 0.3 is 0 Å². The summed E-state index contributed by atoms with van der Waals surface area (Å²) in [6.45, 7) is 1.80. The number of carbonyl (C=O) groups is 1. The zero-order valence-corrected chi connectivity index (χ0v) is 16.5. The van der Waals surface area contributed by atoms with Gasteiger partial charge in [0, 0.05) is 40.8 Å². The largest absolute Gasteiger partial charge is 0.371 e. The zero-order valence-electron chi connectivity index (χ0n) is 14.9. The molecule has 5 rings (SSSR count). The molecule has 142 valence electrons. The van der Waals surface area contributed by atoms with Crippen LogP contribution >= 0.6 is 23.2 Å². The Morgan fingerprint density at radius 1 is 1.15 bits per heavy atom. The highest BCUT2D eigenvalue weighted by molar-refractivity contribution is 6.35. The molecule has 1 aliphatic carbocycles. The van der Waals surface area contributed by atoms with Crippen molar-refractivity contribution in [2.24, 2.45) is 17.8 Å². The van der Waals surface area contributed by atoms with Crippen LogP contribution in [0.1, 0.15) is 25.7 Å². The molecule has 1 N–H and O–H groups in total. The van der Waals surface area contributed by atoms with Crippen molar-refractivity contribution < 1.29 is 4.79 Å². The number of fused-ring (bicyclic) bond motifs is 3. The predicted octanol–water partition coefficient (Wildman–Crippen LogP) is 3.27. The van der Waals surface area contributed by atoms with Crippen molar-refractivity contribution in [1.29, 1.82) is 5.26 Å². The van der Waals surface area contributed by atoms with Gasteiger partial charge in [0.05, 0.1) is 12.1 Å². The standard InChI is InChI=1S/C20H22Cl2N4O/c21-11-5-12(22)7-14(6-11)25-4-3-15-16(9-25)19(15)20(27)24-17-8-13-1-2-18(17)26(13)10-23/h5-7,13,15-19H,1-4,8-9H2,(H,24,27)/t13-,15?,16?,17+,18+,19?/m0/s1. The van der Waals surface area contributed by atoms with E-state index in [1.165, 1.54) is 0 Å². The average Bonchev–Trinajstić information content (AvgIpc) is 3.10. The predicted molar refractivity (Wildman–Crippen MR) is 105 cm³/mol. The first-order valence-corrected chi connectivity index (χ1v) is 10.5. The number of hydrogen-bond donors (Lipinski definition) is 1. The molecule has 5 nitrogen and oxygen atoms in total. The zero-order chi connectivity index (χ0) is 18.7. The average molecular weight is 405 g/mol. The molecule has 4 fully saturated rings. The molecule has 7 heteroatoms. The van der Waals surface area contributed by atoms with Gasteiger partial charge in [0.25, 0.3) is 0 Å². The lowest BCUT2D eigenvalue weighted by Crippen LogP contribution is -2.44. The number of nitriles is 1. The normalized spacial score (nSPS) is 36.3. The fourth-order valence-corrected chi connectivity index (χ4v) is 6.18. The summed E-state index contributed by atoms with van der Waals surface area (Å²) in [5.41, 5.74) is 1.04. The molecule has 0 aromatic heterocycles. The molecule has 1 aromatic carbocycles. The van der Waals surface area contributed by atoms with E-state index in [1.54, 1.807) is 6.07 Å². The number of benzene rings is 1. The van der Waals surface area contributed by atoms with Crippen LogP contribution in [0.2, 0.25) is 10.0 Å². The van der Waals surface area contributed by atoms with Crippen LogP contribution < -0.4 is 10.2 Å². The number of piperidine rings is 1. The van der Waals surface area contributed by atoms with E-state index >= 15 is 0 Å². The summed E-state index contributed by atoms with van der Waals surface area (Å²) >= 11 is 12.3. The van der Waals surface area contributed by atoms with Gasteiger partial charge < -0.3 is 15.1 Å². The van der Waals surface area contributed by atoms with Crippen LogP contribution in [0.15, 0.2) is 18.2 Å². The molecule has 27 heavy (non-hydrogen) atoms. The molecular weight excluding hydrogens is 383 g/mol. The second-order valence-electron chi connectivity index (χ2n) is 8.37. The van der Waals surface area contributed by atoms with Crippen LogP contribution in [-0.2, 0) is 4.79 Å². The Kier molecular flexibility index (Phi) is 4.18. The number of nitrogens with one attached hydrogen (secondary N) is 1. The lowest BCUT2D eigenvalue weighted by atomic mass is 9.95.